The van der Waals surface area contributed by atoms with Crippen LogP contribution < -0.4 is 25.6 Å². The maximum Gasteiger partial charge on any atom is 0.276 e. The van der Waals surface area contributed by atoms with Gasteiger partial charge in [-0.25, -0.2) is 0 Å². The van der Waals surface area contributed by atoms with Crippen molar-refractivity contribution in [1.82, 2.24) is 16.2 Å². The molecular formula is C21H16Br2ClN3O4S. The average Bonchev–Trinajstić information content (AvgIpc) is 2.76. The molecular weight excluding hydrogens is 586 g/mol. The number of rotatable bonds is 6. The number of hydrogen-bond donors (Lipinski definition) is 3. The van der Waals surface area contributed by atoms with Crippen LogP contribution in [-0.4, -0.2) is 30.1 Å². The van der Waals surface area contributed by atoms with E-state index < -0.39 is 11.8 Å². The van der Waals surface area contributed by atoms with Gasteiger partial charge < -0.3 is 9.47 Å². The van der Waals surface area contributed by atoms with Gasteiger partial charge in [0.05, 0.1) is 9.50 Å². The Morgan fingerprint density at radius 1 is 0.906 bits per heavy atom. The minimum absolute atomic E-state index is 0.0939. The van der Waals surface area contributed by atoms with E-state index in [1.165, 1.54) is 0 Å². The molecule has 11 heteroatoms. The number of hydrazine groups is 1. The predicted octanol–water partition coefficient (Wildman–Crippen LogP) is 4.50. The Morgan fingerprint density at radius 3 is 2.41 bits per heavy atom. The number of nitrogens with one attached hydrogen (secondary N) is 3. The summed E-state index contributed by atoms with van der Waals surface area (Å²) >= 11 is 17.9. The van der Waals surface area contributed by atoms with Crippen LogP contribution in [0.4, 0.5) is 0 Å². The van der Waals surface area contributed by atoms with Gasteiger partial charge in [-0.1, -0.05) is 51.8 Å². The first-order chi connectivity index (χ1) is 15.3. The molecule has 0 atom stereocenters. The first-order valence-electron chi connectivity index (χ1n) is 9.10. The maximum atomic E-state index is 12.0. The van der Waals surface area contributed by atoms with Crippen LogP contribution >= 0.6 is 55.7 Å². The number of fused-ring (bicyclic) bond motifs is 1. The van der Waals surface area contributed by atoms with Gasteiger partial charge in [-0.15, -0.1) is 0 Å². The lowest BCUT2D eigenvalue weighted by molar-refractivity contribution is -0.124. The summed E-state index contributed by atoms with van der Waals surface area (Å²) in [6, 6.07) is 16.3. The number of halogens is 3. The van der Waals surface area contributed by atoms with E-state index in [0.717, 1.165) is 19.7 Å². The van der Waals surface area contributed by atoms with Gasteiger partial charge in [-0.05, 0) is 69.3 Å². The minimum Gasteiger partial charge on any atom is -0.483 e. The fraction of sp³-hybridized carbons (Fsp3) is 0.0952. The van der Waals surface area contributed by atoms with Gasteiger partial charge in [0, 0.05) is 4.47 Å². The van der Waals surface area contributed by atoms with Crippen molar-refractivity contribution >= 4 is 83.4 Å². The molecule has 32 heavy (non-hydrogen) atoms. The highest BCUT2D eigenvalue weighted by molar-refractivity contribution is 9.11. The van der Waals surface area contributed by atoms with E-state index in [-0.39, 0.29) is 18.3 Å². The predicted molar refractivity (Wildman–Crippen MR) is 134 cm³/mol. The lowest BCUT2D eigenvalue weighted by Gasteiger charge is -2.13. The first kappa shape index (κ1) is 24.2. The second kappa shape index (κ2) is 11.5. The van der Waals surface area contributed by atoms with Crippen molar-refractivity contribution in [2.24, 2.45) is 0 Å². The summed E-state index contributed by atoms with van der Waals surface area (Å²) in [4.78, 5) is 23.9. The van der Waals surface area contributed by atoms with E-state index >= 15 is 0 Å². The van der Waals surface area contributed by atoms with Gasteiger partial charge in [0.25, 0.3) is 11.8 Å². The molecule has 0 spiro atoms. The Hall–Kier alpha value is -2.40. The molecule has 2 amide bonds. The van der Waals surface area contributed by atoms with Crippen molar-refractivity contribution in [3.8, 4) is 11.5 Å². The normalized spacial score (nSPS) is 10.3. The number of amides is 2. The van der Waals surface area contributed by atoms with Crippen LogP contribution in [0.15, 0.2) is 63.5 Å². The molecule has 0 saturated carbocycles. The molecule has 0 bridgehead atoms. The lowest BCUT2D eigenvalue weighted by atomic mass is 10.1. The third kappa shape index (κ3) is 6.80. The summed E-state index contributed by atoms with van der Waals surface area (Å²) in [6.07, 6.45) is 0. The quantitative estimate of drug-likeness (QED) is 0.285. The average molecular weight is 602 g/mol. The molecule has 0 saturated heterocycles. The molecule has 3 rings (SSSR count). The summed E-state index contributed by atoms with van der Waals surface area (Å²) in [5.41, 5.74) is 4.78. The zero-order valence-corrected chi connectivity index (χ0v) is 21.0. The number of ether oxygens (including phenoxy) is 2. The molecule has 166 valence electrons. The van der Waals surface area contributed by atoms with Crippen LogP contribution in [0.2, 0.25) is 5.02 Å². The van der Waals surface area contributed by atoms with Crippen molar-refractivity contribution in [1.29, 1.82) is 0 Å². The molecule has 3 aromatic carbocycles. The standard InChI is InChI=1S/C21H16Br2ClN3O4S/c22-13-6-7-14-12(9-13)5-8-17(20(14)23)31-11-19(29)26-27-21(32)25-18(28)10-30-16-4-2-1-3-15(16)24/h1-9H,10-11H2,(H,26,29)(H2,25,27,28,32). The Morgan fingerprint density at radius 2 is 1.62 bits per heavy atom. The molecule has 0 unspecified atom stereocenters. The molecule has 0 fully saturated rings. The molecule has 0 aliphatic rings. The van der Waals surface area contributed by atoms with E-state index in [1.807, 2.05) is 24.3 Å². The van der Waals surface area contributed by atoms with Crippen molar-refractivity contribution in [2.45, 2.75) is 0 Å². The monoisotopic (exact) mass is 599 g/mol. The Kier molecular flexibility index (Phi) is 8.68. The van der Waals surface area contributed by atoms with Crippen LogP contribution in [0.1, 0.15) is 0 Å². The summed E-state index contributed by atoms with van der Waals surface area (Å²) < 4.78 is 12.6. The van der Waals surface area contributed by atoms with Crippen molar-refractivity contribution < 1.29 is 19.1 Å². The fourth-order valence-corrected chi connectivity index (χ4v) is 3.90. The van der Waals surface area contributed by atoms with Gasteiger partial charge in [0.15, 0.2) is 18.3 Å². The summed E-state index contributed by atoms with van der Waals surface area (Å²) in [7, 11) is 0. The molecule has 0 heterocycles. The largest absolute Gasteiger partial charge is 0.483 e. The topological polar surface area (TPSA) is 88.7 Å². The Balaban J connectivity index is 1.41. The number of carbonyl (C=O) groups excluding carboxylic acids is 2. The van der Waals surface area contributed by atoms with Crippen LogP contribution in [0.25, 0.3) is 10.8 Å². The number of carbonyl (C=O) groups is 2. The van der Waals surface area contributed by atoms with E-state index in [1.54, 1.807) is 30.3 Å². The second-order valence-electron chi connectivity index (χ2n) is 6.30. The highest BCUT2D eigenvalue weighted by atomic mass is 79.9. The molecule has 3 aromatic rings. The molecule has 7 nitrogen and oxygen atoms in total. The number of hydrogen-bond acceptors (Lipinski definition) is 5. The van der Waals surface area contributed by atoms with Crippen LogP contribution in [0.5, 0.6) is 11.5 Å². The number of benzene rings is 3. The van der Waals surface area contributed by atoms with Crippen LogP contribution in [-0.2, 0) is 9.59 Å². The Labute approximate surface area is 211 Å². The van der Waals surface area contributed by atoms with Crippen molar-refractivity contribution in [3.05, 3.63) is 68.6 Å². The third-order valence-corrected chi connectivity index (χ3v) is 5.83. The summed E-state index contributed by atoms with van der Waals surface area (Å²) in [5.74, 6) is -0.111. The fourth-order valence-electron chi connectivity index (χ4n) is 2.56. The smallest absolute Gasteiger partial charge is 0.276 e. The minimum atomic E-state index is -0.514. The van der Waals surface area contributed by atoms with Crippen LogP contribution in [0, 0.1) is 0 Å². The lowest BCUT2D eigenvalue weighted by Crippen LogP contribution is -2.50. The molecule has 0 aliphatic carbocycles. The highest BCUT2D eigenvalue weighted by Crippen LogP contribution is 2.34. The number of thiocarbonyl (C=S) groups is 1. The first-order valence-corrected chi connectivity index (χ1v) is 11.5. The highest BCUT2D eigenvalue weighted by Gasteiger charge is 2.11. The van der Waals surface area contributed by atoms with E-state index in [9.17, 15) is 9.59 Å². The zero-order valence-electron chi connectivity index (χ0n) is 16.3. The van der Waals surface area contributed by atoms with Crippen LogP contribution in [0.3, 0.4) is 0 Å². The van der Waals surface area contributed by atoms with Gasteiger partial charge in [-0.2, -0.15) is 0 Å². The third-order valence-electron chi connectivity index (χ3n) is 4.00. The van der Waals surface area contributed by atoms with E-state index in [4.69, 9.17) is 33.3 Å². The maximum absolute atomic E-state index is 12.0. The van der Waals surface area contributed by atoms with Crippen molar-refractivity contribution in [3.63, 3.8) is 0 Å². The molecule has 3 N–H and O–H groups in total. The summed E-state index contributed by atoms with van der Waals surface area (Å²) in [6.45, 7) is -0.561. The SMILES string of the molecule is O=C(COc1ccc2cc(Br)ccc2c1Br)NNC(=S)NC(=O)COc1ccccc1Cl. The Bertz CT molecular complexity index is 1180. The van der Waals surface area contributed by atoms with Gasteiger partial charge >= 0.3 is 0 Å². The van der Waals surface area contributed by atoms with Gasteiger partial charge in [0.2, 0.25) is 0 Å². The van der Waals surface area contributed by atoms with E-state index in [0.29, 0.717) is 16.5 Å². The van der Waals surface area contributed by atoms with E-state index in [2.05, 4.69) is 48.0 Å². The number of para-hydroxylation sites is 1. The van der Waals surface area contributed by atoms with Crippen molar-refractivity contribution in [2.75, 3.05) is 13.2 Å². The van der Waals surface area contributed by atoms with Gasteiger partial charge in [0.1, 0.15) is 11.5 Å². The molecule has 0 aliphatic heterocycles. The summed E-state index contributed by atoms with van der Waals surface area (Å²) in [5, 5.41) is 4.64. The van der Waals surface area contributed by atoms with Gasteiger partial charge in [-0.3, -0.25) is 25.8 Å². The second-order valence-corrected chi connectivity index (χ2v) is 8.83. The zero-order chi connectivity index (χ0) is 23.1. The molecule has 0 radical (unpaired) electrons. The molecule has 0 aromatic heterocycles.